The van der Waals surface area contributed by atoms with E-state index in [-0.39, 0.29) is 11.0 Å². The Morgan fingerprint density at radius 3 is 2.57 bits per heavy atom. The Morgan fingerprint density at radius 1 is 1.38 bits per heavy atom. The quantitative estimate of drug-likeness (QED) is 0.885. The molecule has 0 saturated carbocycles. The van der Waals surface area contributed by atoms with Crippen molar-refractivity contribution in [1.82, 2.24) is 14.5 Å². The number of rotatable bonds is 4. The molecular formula is C12H12BrF2N3O2S. The van der Waals surface area contributed by atoms with Gasteiger partial charge < -0.3 is 0 Å². The highest BCUT2D eigenvalue weighted by atomic mass is 79.9. The Balaban J connectivity index is 2.29. The van der Waals surface area contributed by atoms with Crippen LogP contribution in [0, 0.1) is 18.6 Å². The van der Waals surface area contributed by atoms with E-state index in [0.29, 0.717) is 11.6 Å². The minimum Gasteiger partial charge on any atom is -0.273 e. The van der Waals surface area contributed by atoms with Gasteiger partial charge in [-0.3, -0.25) is 4.68 Å². The van der Waals surface area contributed by atoms with Crippen LogP contribution in [0.1, 0.15) is 11.3 Å². The van der Waals surface area contributed by atoms with Gasteiger partial charge in [0, 0.05) is 35.4 Å². The zero-order valence-electron chi connectivity index (χ0n) is 11.2. The first-order valence-corrected chi connectivity index (χ1v) is 8.11. The second-order valence-corrected chi connectivity index (χ2v) is 6.96. The highest BCUT2D eigenvalue weighted by Gasteiger charge is 2.23. The third-order valence-corrected chi connectivity index (χ3v) is 5.39. The van der Waals surface area contributed by atoms with Crippen molar-refractivity contribution in [2.45, 2.75) is 18.4 Å². The largest absolute Gasteiger partial charge is 0.273 e. The van der Waals surface area contributed by atoms with Crippen LogP contribution in [0.3, 0.4) is 0 Å². The molecule has 5 nitrogen and oxygen atoms in total. The van der Waals surface area contributed by atoms with Crippen molar-refractivity contribution in [1.29, 1.82) is 0 Å². The average molecular weight is 380 g/mol. The van der Waals surface area contributed by atoms with Crippen molar-refractivity contribution in [3.05, 3.63) is 45.7 Å². The van der Waals surface area contributed by atoms with Crippen LogP contribution in [0.2, 0.25) is 0 Å². The van der Waals surface area contributed by atoms with E-state index in [1.54, 1.807) is 18.7 Å². The van der Waals surface area contributed by atoms with E-state index in [9.17, 15) is 17.2 Å². The molecule has 2 rings (SSSR count). The molecule has 1 aromatic heterocycles. The summed E-state index contributed by atoms with van der Waals surface area (Å²) >= 11 is 2.86. The highest BCUT2D eigenvalue weighted by molar-refractivity contribution is 9.10. The van der Waals surface area contributed by atoms with Crippen molar-refractivity contribution < 1.29 is 17.2 Å². The van der Waals surface area contributed by atoms with Crippen LogP contribution in [-0.4, -0.2) is 18.2 Å². The monoisotopic (exact) mass is 379 g/mol. The van der Waals surface area contributed by atoms with Gasteiger partial charge in [0.05, 0.1) is 6.20 Å². The zero-order valence-corrected chi connectivity index (χ0v) is 13.6. The second kappa shape index (κ2) is 5.82. The van der Waals surface area contributed by atoms with Gasteiger partial charge in [-0.05, 0) is 28.9 Å². The van der Waals surface area contributed by atoms with Crippen molar-refractivity contribution in [3.63, 3.8) is 0 Å². The molecule has 0 amide bonds. The molecule has 1 heterocycles. The van der Waals surface area contributed by atoms with Gasteiger partial charge in [0.2, 0.25) is 10.0 Å². The molecular weight excluding hydrogens is 368 g/mol. The summed E-state index contributed by atoms with van der Waals surface area (Å²) in [4.78, 5) is -0.620. The van der Waals surface area contributed by atoms with Crippen LogP contribution in [0.15, 0.2) is 27.7 Å². The van der Waals surface area contributed by atoms with Gasteiger partial charge in [-0.25, -0.2) is 21.9 Å². The SMILES string of the molecule is Cc1c(CNS(=O)(=O)c2c(F)cc(F)cc2Br)cnn1C. The van der Waals surface area contributed by atoms with Crippen LogP contribution < -0.4 is 4.72 Å². The molecule has 1 N–H and O–H groups in total. The third kappa shape index (κ3) is 3.30. The summed E-state index contributed by atoms with van der Waals surface area (Å²) in [7, 11) is -2.39. The molecule has 1 aromatic carbocycles. The predicted octanol–water partition coefficient (Wildman–Crippen LogP) is 2.25. The molecule has 0 unspecified atom stereocenters. The maximum Gasteiger partial charge on any atom is 0.244 e. The fraction of sp³-hybridized carbons (Fsp3) is 0.250. The van der Waals surface area contributed by atoms with Crippen LogP contribution in [-0.2, 0) is 23.6 Å². The first-order valence-electron chi connectivity index (χ1n) is 5.84. The Bertz CT molecular complexity index is 767. The Labute approximate surface area is 129 Å². The lowest BCUT2D eigenvalue weighted by Crippen LogP contribution is -2.25. The van der Waals surface area contributed by atoms with Gasteiger partial charge in [0.15, 0.2) is 0 Å². The number of aryl methyl sites for hydroxylation is 1. The average Bonchev–Trinajstić information content (AvgIpc) is 2.66. The van der Waals surface area contributed by atoms with Crippen molar-refractivity contribution in [3.8, 4) is 0 Å². The van der Waals surface area contributed by atoms with E-state index in [2.05, 4.69) is 25.8 Å². The second-order valence-electron chi connectivity index (χ2n) is 4.40. The van der Waals surface area contributed by atoms with Crippen LogP contribution in [0.25, 0.3) is 0 Å². The summed E-state index contributed by atoms with van der Waals surface area (Å²) in [5.74, 6) is -2.02. The topological polar surface area (TPSA) is 64.0 Å². The summed E-state index contributed by atoms with van der Waals surface area (Å²) in [6.45, 7) is 1.75. The molecule has 0 aliphatic carbocycles. The number of hydrogen-bond donors (Lipinski definition) is 1. The van der Waals surface area contributed by atoms with Crippen molar-refractivity contribution in [2.24, 2.45) is 7.05 Å². The van der Waals surface area contributed by atoms with Gasteiger partial charge in [0.25, 0.3) is 0 Å². The predicted molar refractivity (Wildman–Crippen MR) is 76.0 cm³/mol. The lowest BCUT2D eigenvalue weighted by Gasteiger charge is -2.09. The van der Waals surface area contributed by atoms with E-state index in [1.165, 1.54) is 6.20 Å². The Kier molecular flexibility index (Phi) is 4.45. The molecule has 0 saturated heterocycles. The summed E-state index contributed by atoms with van der Waals surface area (Å²) in [6, 6.07) is 1.42. The summed E-state index contributed by atoms with van der Waals surface area (Å²) < 4.78 is 54.7. The molecule has 9 heteroatoms. The van der Waals surface area contributed by atoms with Crippen molar-refractivity contribution in [2.75, 3.05) is 0 Å². The van der Waals surface area contributed by atoms with E-state index >= 15 is 0 Å². The minimum atomic E-state index is -4.12. The first-order chi connectivity index (χ1) is 9.72. The van der Waals surface area contributed by atoms with Gasteiger partial charge in [-0.2, -0.15) is 5.10 Å². The van der Waals surface area contributed by atoms with Crippen molar-refractivity contribution >= 4 is 26.0 Å². The van der Waals surface area contributed by atoms with Gasteiger partial charge in [0.1, 0.15) is 16.5 Å². The lowest BCUT2D eigenvalue weighted by atomic mass is 10.3. The molecule has 0 aliphatic heterocycles. The molecule has 0 fully saturated rings. The van der Waals surface area contributed by atoms with Crippen LogP contribution in [0.4, 0.5) is 8.78 Å². The van der Waals surface area contributed by atoms with E-state index < -0.39 is 26.6 Å². The Hall–Kier alpha value is -1.32. The lowest BCUT2D eigenvalue weighted by molar-refractivity contribution is 0.540. The van der Waals surface area contributed by atoms with Crippen LogP contribution in [0.5, 0.6) is 0 Å². The van der Waals surface area contributed by atoms with E-state index in [1.807, 2.05) is 0 Å². The molecule has 2 aromatic rings. The summed E-state index contributed by atoms with van der Waals surface area (Å²) in [5.41, 5.74) is 1.45. The van der Waals surface area contributed by atoms with Gasteiger partial charge >= 0.3 is 0 Å². The maximum absolute atomic E-state index is 13.7. The number of hydrogen-bond acceptors (Lipinski definition) is 3. The minimum absolute atomic E-state index is 0.0364. The van der Waals surface area contributed by atoms with E-state index in [0.717, 1.165) is 11.8 Å². The highest BCUT2D eigenvalue weighted by Crippen LogP contribution is 2.26. The Morgan fingerprint density at radius 2 is 2.05 bits per heavy atom. The molecule has 0 atom stereocenters. The maximum atomic E-state index is 13.7. The number of aromatic nitrogens is 2. The normalized spacial score (nSPS) is 11.9. The van der Waals surface area contributed by atoms with Gasteiger partial charge in [-0.1, -0.05) is 0 Å². The number of sulfonamides is 1. The molecule has 21 heavy (non-hydrogen) atoms. The molecule has 0 spiro atoms. The van der Waals surface area contributed by atoms with E-state index in [4.69, 9.17) is 0 Å². The third-order valence-electron chi connectivity index (χ3n) is 3.02. The standard InChI is InChI=1S/C12H12BrF2N3O2S/c1-7-8(5-16-18(7)2)6-17-21(19,20)12-10(13)3-9(14)4-11(12)15/h3-5,17H,6H2,1-2H3. The molecule has 114 valence electrons. The number of nitrogens with one attached hydrogen (secondary N) is 1. The fourth-order valence-electron chi connectivity index (χ4n) is 1.75. The summed E-state index contributed by atoms with van der Waals surface area (Å²) in [5, 5.41) is 3.99. The number of halogens is 3. The molecule has 0 aliphatic rings. The zero-order chi connectivity index (χ0) is 15.8. The number of benzene rings is 1. The number of nitrogens with zero attached hydrogens (tertiary/aromatic N) is 2. The van der Waals surface area contributed by atoms with Gasteiger partial charge in [-0.15, -0.1) is 0 Å². The first kappa shape index (κ1) is 16.1. The molecule has 0 radical (unpaired) electrons. The van der Waals surface area contributed by atoms with Crippen LogP contribution >= 0.6 is 15.9 Å². The fourth-order valence-corrected chi connectivity index (χ4v) is 3.92. The smallest absolute Gasteiger partial charge is 0.244 e. The molecule has 0 bridgehead atoms. The summed E-state index contributed by atoms with van der Waals surface area (Å²) in [6.07, 6.45) is 1.52.